The van der Waals surface area contributed by atoms with Gasteiger partial charge in [-0.2, -0.15) is 0 Å². The van der Waals surface area contributed by atoms with Crippen LogP contribution in [-0.2, 0) is 0 Å². The van der Waals surface area contributed by atoms with Crippen LogP contribution in [-0.4, -0.2) is 31.1 Å². The molecule has 1 aromatic carbocycles. The molecule has 1 saturated heterocycles. The number of hydrogen-bond acceptors (Lipinski definition) is 3. The third-order valence-electron chi connectivity index (χ3n) is 3.43. The van der Waals surface area contributed by atoms with E-state index in [1.807, 2.05) is 0 Å². The first kappa shape index (κ1) is 13.3. The summed E-state index contributed by atoms with van der Waals surface area (Å²) in [5.41, 5.74) is 6.30. The van der Waals surface area contributed by atoms with Gasteiger partial charge in [-0.25, -0.2) is 4.39 Å². The number of piperidine rings is 1. The highest BCUT2D eigenvalue weighted by Crippen LogP contribution is 2.28. The molecule has 0 aliphatic carbocycles. The molecule has 0 amide bonds. The van der Waals surface area contributed by atoms with E-state index in [1.54, 1.807) is 19.1 Å². The van der Waals surface area contributed by atoms with Crippen LogP contribution in [0.4, 0.5) is 4.39 Å². The van der Waals surface area contributed by atoms with Crippen LogP contribution < -0.4 is 10.5 Å². The molecular formula is C14H21FN2O. The molecule has 1 aromatic rings. The third-order valence-corrected chi connectivity index (χ3v) is 3.43. The smallest absolute Gasteiger partial charge is 0.131 e. The standard InChI is InChI=1S/C14H21FN2O/c1-10(16)14-12(15)4-3-5-13(14)18-11-6-8-17(2)9-7-11/h3-5,10-11H,6-9,16H2,1-2H3/t10-/m0/s1. The Hall–Kier alpha value is -1.13. The zero-order valence-electron chi connectivity index (χ0n) is 11.0. The van der Waals surface area contributed by atoms with E-state index < -0.39 is 0 Å². The van der Waals surface area contributed by atoms with E-state index in [9.17, 15) is 4.39 Å². The van der Waals surface area contributed by atoms with Gasteiger partial charge >= 0.3 is 0 Å². The lowest BCUT2D eigenvalue weighted by atomic mass is 10.1. The minimum atomic E-state index is -0.354. The first-order valence-corrected chi connectivity index (χ1v) is 6.47. The van der Waals surface area contributed by atoms with E-state index >= 15 is 0 Å². The van der Waals surface area contributed by atoms with Crippen LogP contribution in [0, 0.1) is 5.82 Å². The number of likely N-dealkylation sites (tertiary alicyclic amines) is 1. The van der Waals surface area contributed by atoms with Crippen molar-refractivity contribution in [2.75, 3.05) is 20.1 Å². The summed E-state index contributed by atoms with van der Waals surface area (Å²) in [7, 11) is 2.10. The van der Waals surface area contributed by atoms with Gasteiger partial charge in [0.05, 0.1) is 0 Å². The van der Waals surface area contributed by atoms with Crippen molar-refractivity contribution in [3.05, 3.63) is 29.6 Å². The molecule has 0 bridgehead atoms. The number of hydrogen-bond donors (Lipinski definition) is 1. The van der Waals surface area contributed by atoms with Crippen molar-refractivity contribution in [1.82, 2.24) is 4.90 Å². The van der Waals surface area contributed by atoms with Gasteiger partial charge in [-0.05, 0) is 38.9 Å². The lowest BCUT2D eigenvalue weighted by molar-refractivity contribution is 0.112. The fraction of sp³-hybridized carbons (Fsp3) is 0.571. The summed E-state index contributed by atoms with van der Waals surface area (Å²) in [4.78, 5) is 2.28. The monoisotopic (exact) mass is 252 g/mol. The van der Waals surface area contributed by atoms with Gasteiger partial charge in [-0.1, -0.05) is 6.07 Å². The molecule has 0 saturated carbocycles. The van der Waals surface area contributed by atoms with E-state index in [0.29, 0.717) is 11.3 Å². The lowest BCUT2D eigenvalue weighted by Crippen LogP contribution is -2.36. The Morgan fingerprint density at radius 1 is 1.39 bits per heavy atom. The number of nitrogens with two attached hydrogens (primary N) is 1. The molecule has 1 heterocycles. The van der Waals surface area contributed by atoms with Crippen LogP contribution in [0.5, 0.6) is 5.75 Å². The van der Waals surface area contributed by atoms with Gasteiger partial charge < -0.3 is 15.4 Å². The van der Waals surface area contributed by atoms with Crippen LogP contribution in [0.3, 0.4) is 0 Å². The minimum Gasteiger partial charge on any atom is -0.490 e. The van der Waals surface area contributed by atoms with Crippen molar-refractivity contribution in [2.45, 2.75) is 31.9 Å². The quantitative estimate of drug-likeness (QED) is 0.897. The Kier molecular flexibility index (Phi) is 4.19. The normalized spacial score (nSPS) is 19.8. The SMILES string of the molecule is C[C@H](N)c1c(F)cccc1OC1CCN(C)CC1. The van der Waals surface area contributed by atoms with E-state index in [0.717, 1.165) is 25.9 Å². The maximum atomic E-state index is 13.7. The Morgan fingerprint density at radius 3 is 2.67 bits per heavy atom. The average Bonchev–Trinajstić information content (AvgIpc) is 2.32. The Bertz CT molecular complexity index is 401. The zero-order chi connectivity index (χ0) is 13.1. The number of ether oxygens (including phenoxy) is 1. The highest BCUT2D eigenvalue weighted by Gasteiger charge is 2.21. The van der Waals surface area contributed by atoms with Crippen LogP contribution in [0.15, 0.2) is 18.2 Å². The summed E-state index contributed by atoms with van der Waals surface area (Å²) in [6, 6.07) is 4.55. The largest absolute Gasteiger partial charge is 0.490 e. The molecule has 1 aliphatic rings. The molecule has 1 aliphatic heterocycles. The van der Waals surface area contributed by atoms with Crippen LogP contribution in [0.25, 0.3) is 0 Å². The van der Waals surface area contributed by atoms with Gasteiger partial charge in [-0.3, -0.25) is 0 Å². The first-order valence-electron chi connectivity index (χ1n) is 6.47. The van der Waals surface area contributed by atoms with Gasteiger partial charge in [0.1, 0.15) is 17.7 Å². The highest BCUT2D eigenvalue weighted by atomic mass is 19.1. The van der Waals surface area contributed by atoms with E-state index in [1.165, 1.54) is 6.07 Å². The van der Waals surface area contributed by atoms with Gasteiger partial charge in [0.2, 0.25) is 0 Å². The van der Waals surface area contributed by atoms with Gasteiger partial charge in [0, 0.05) is 24.7 Å². The molecule has 100 valence electrons. The predicted molar refractivity (Wildman–Crippen MR) is 70.1 cm³/mol. The van der Waals surface area contributed by atoms with Crippen molar-refractivity contribution in [2.24, 2.45) is 5.73 Å². The molecule has 0 unspecified atom stereocenters. The van der Waals surface area contributed by atoms with Crippen LogP contribution in [0.2, 0.25) is 0 Å². The molecule has 1 atom stereocenters. The number of halogens is 1. The Balaban J connectivity index is 2.11. The van der Waals surface area contributed by atoms with Gasteiger partial charge in [-0.15, -0.1) is 0 Å². The maximum Gasteiger partial charge on any atom is 0.131 e. The molecule has 0 radical (unpaired) electrons. The summed E-state index contributed by atoms with van der Waals surface area (Å²) in [6.07, 6.45) is 2.12. The highest BCUT2D eigenvalue weighted by molar-refractivity contribution is 5.37. The maximum absolute atomic E-state index is 13.7. The van der Waals surface area contributed by atoms with E-state index in [2.05, 4.69) is 11.9 Å². The molecule has 2 N–H and O–H groups in total. The van der Waals surface area contributed by atoms with Crippen LogP contribution >= 0.6 is 0 Å². The van der Waals surface area contributed by atoms with Crippen molar-refractivity contribution in [3.63, 3.8) is 0 Å². The molecule has 18 heavy (non-hydrogen) atoms. The second-order valence-corrected chi connectivity index (χ2v) is 5.06. The molecule has 1 fully saturated rings. The molecule has 4 heteroatoms. The second kappa shape index (κ2) is 5.67. The fourth-order valence-corrected chi connectivity index (χ4v) is 2.34. The Labute approximate surface area is 108 Å². The average molecular weight is 252 g/mol. The molecule has 0 aromatic heterocycles. The van der Waals surface area contributed by atoms with Gasteiger partial charge in [0.25, 0.3) is 0 Å². The molecule has 0 spiro atoms. The number of benzene rings is 1. The van der Waals surface area contributed by atoms with Gasteiger partial charge in [0.15, 0.2) is 0 Å². The topological polar surface area (TPSA) is 38.5 Å². The predicted octanol–water partition coefficient (Wildman–Crippen LogP) is 2.32. The number of nitrogens with zero attached hydrogens (tertiary/aromatic N) is 1. The first-order chi connectivity index (χ1) is 8.58. The van der Waals surface area contributed by atoms with Crippen molar-refractivity contribution in [3.8, 4) is 5.75 Å². The van der Waals surface area contributed by atoms with Crippen LogP contribution in [0.1, 0.15) is 31.4 Å². The van der Waals surface area contributed by atoms with Crippen molar-refractivity contribution < 1.29 is 9.13 Å². The van der Waals surface area contributed by atoms with Crippen molar-refractivity contribution in [1.29, 1.82) is 0 Å². The van der Waals surface area contributed by atoms with E-state index in [4.69, 9.17) is 10.5 Å². The lowest BCUT2D eigenvalue weighted by Gasteiger charge is -2.30. The third kappa shape index (κ3) is 3.00. The van der Waals surface area contributed by atoms with E-state index in [-0.39, 0.29) is 18.0 Å². The Morgan fingerprint density at radius 2 is 2.06 bits per heavy atom. The fourth-order valence-electron chi connectivity index (χ4n) is 2.34. The minimum absolute atomic E-state index is 0.167. The summed E-state index contributed by atoms with van der Waals surface area (Å²) in [5.74, 6) is 0.315. The molecular weight excluding hydrogens is 231 g/mol. The second-order valence-electron chi connectivity index (χ2n) is 5.06. The summed E-state index contributed by atoms with van der Waals surface area (Å²) < 4.78 is 19.7. The summed E-state index contributed by atoms with van der Waals surface area (Å²) >= 11 is 0. The molecule has 3 nitrogen and oxygen atoms in total. The molecule has 2 rings (SSSR count). The number of rotatable bonds is 3. The van der Waals surface area contributed by atoms with Crippen molar-refractivity contribution >= 4 is 0 Å². The summed E-state index contributed by atoms with van der Waals surface area (Å²) in [6.45, 7) is 3.82. The summed E-state index contributed by atoms with van der Waals surface area (Å²) in [5, 5.41) is 0. The zero-order valence-corrected chi connectivity index (χ0v) is 11.0.